The normalized spacial score (nSPS) is 11.7. The number of hydrogen-bond donors (Lipinski definition) is 4. The molecule has 0 fully saturated rings. The molecule has 0 aliphatic heterocycles. The second-order valence-corrected chi connectivity index (χ2v) is 7.04. The number of aromatic amines is 1. The first-order chi connectivity index (χ1) is 14.6. The highest BCUT2D eigenvalue weighted by atomic mass is 16.2. The molecule has 6 nitrogen and oxygen atoms in total. The fraction of sp³-hybridized carbons (Fsp3) is 0.0833. The van der Waals surface area contributed by atoms with Crippen LogP contribution < -0.4 is 16.4 Å². The Hall–Kier alpha value is -4.06. The van der Waals surface area contributed by atoms with E-state index < -0.39 is 6.04 Å². The molecule has 1 aromatic heterocycles. The zero-order chi connectivity index (χ0) is 20.9. The number of aromatic nitrogens is 1. The Balaban J connectivity index is 1.59. The summed E-state index contributed by atoms with van der Waals surface area (Å²) in [5.41, 5.74) is 9.26. The van der Waals surface area contributed by atoms with Gasteiger partial charge in [-0.15, -0.1) is 0 Å². The predicted octanol–water partition coefficient (Wildman–Crippen LogP) is 3.73. The zero-order valence-corrected chi connectivity index (χ0v) is 16.3. The van der Waals surface area contributed by atoms with Crippen LogP contribution in [0.15, 0.2) is 85.1 Å². The number of rotatable bonds is 6. The molecule has 3 aromatic carbocycles. The SMILES string of the molecule is Nc1ccccc1NC(=O)C(Cc1ccccc1)NC(=O)c1cccc2[nH]ccc12. The molecule has 30 heavy (non-hydrogen) atoms. The number of hydrogen-bond acceptors (Lipinski definition) is 3. The quantitative estimate of drug-likeness (QED) is 0.372. The van der Waals surface area contributed by atoms with Crippen LogP contribution in [-0.4, -0.2) is 22.8 Å². The van der Waals surface area contributed by atoms with Gasteiger partial charge >= 0.3 is 0 Å². The summed E-state index contributed by atoms with van der Waals surface area (Å²) in [6.45, 7) is 0. The van der Waals surface area contributed by atoms with Crippen LogP contribution in [0.3, 0.4) is 0 Å². The first kappa shape index (κ1) is 19.3. The van der Waals surface area contributed by atoms with Gasteiger partial charge in [-0.05, 0) is 35.9 Å². The van der Waals surface area contributed by atoms with Crippen LogP contribution in [0.5, 0.6) is 0 Å². The summed E-state index contributed by atoms with van der Waals surface area (Å²) in [7, 11) is 0. The molecule has 0 saturated heterocycles. The maximum Gasteiger partial charge on any atom is 0.252 e. The van der Waals surface area contributed by atoms with E-state index in [2.05, 4.69) is 15.6 Å². The molecule has 150 valence electrons. The second kappa shape index (κ2) is 8.53. The average molecular weight is 398 g/mol. The van der Waals surface area contributed by atoms with Crippen molar-refractivity contribution in [2.45, 2.75) is 12.5 Å². The number of nitrogen functional groups attached to an aromatic ring is 1. The van der Waals surface area contributed by atoms with Crippen molar-refractivity contribution < 1.29 is 9.59 Å². The summed E-state index contributed by atoms with van der Waals surface area (Å²) in [6, 6.07) is 23.2. The predicted molar refractivity (Wildman–Crippen MR) is 119 cm³/mol. The molecule has 0 radical (unpaired) electrons. The standard InChI is InChI=1S/C24H22N4O2/c25-19-10-4-5-11-21(19)27-24(30)22(15-16-7-2-1-3-8-16)28-23(29)18-9-6-12-20-17(18)13-14-26-20/h1-14,22,26H,15,25H2,(H,27,30)(H,28,29). The van der Waals surface area contributed by atoms with Gasteiger partial charge in [-0.25, -0.2) is 0 Å². The van der Waals surface area contributed by atoms with Gasteiger partial charge < -0.3 is 21.4 Å². The molecule has 1 unspecified atom stereocenters. The van der Waals surface area contributed by atoms with Gasteiger partial charge in [0.15, 0.2) is 0 Å². The number of nitrogens with one attached hydrogen (secondary N) is 3. The monoisotopic (exact) mass is 398 g/mol. The Labute approximate surface area is 174 Å². The maximum absolute atomic E-state index is 13.1. The van der Waals surface area contributed by atoms with Crippen molar-refractivity contribution in [1.29, 1.82) is 0 Å². The molecular weight excluding hydrogens is 376 g/mol. The number of benzene rings is 3. The summed E-state index contributed by atoms with van der Waals surface area (Å²) in [4.78, 5) is 29.2. The van der Waals surface area contributed by atoms with Gasteiger partial charge in [0, 0.05) is 29.1 Å². The number of carbonyl (C=O) groups is 2. The Morgan fingerprint density at radius 2 is 1.67 bits per heavy atom. The Bertz CT molecular complexity index is 1180. The van der Waals surface area contributed by atoms with Crippen molar-refractivity contribution in [3.63, 3.8) is 0 Å². The van der Waals surface area contributed by atoms with Gasteiger partial charge in [0.05, 0.1) is 11.4 Å². The van der Waals surface area contributed by atoms with Crippen LogP contribution in [-0.2, 0) is 11.2 Å². The minimum Gasteiger partial charge on any atom is -0.397 e. The number of fused-ring (bicyclic) bond motifs is 1. The van der Waals surface area contributed by atoms with E-state index in [4.69, 9.17) is 5.73 Å². The molecule has 1 heterocycles. The lowest BCUT2D eigenvalue weighted by atomic mass is 10.0. The summed E-state index contributed by atoms with van der Waals surface area (Å²) >= 11 is 0. The minimum atomic E-state index is -0.770. The van der Waals surface area contributed by atoms with Gasteiger partial charge in [0.25, 0.3) is 5.91 Å². The van der Waals surface area contributed by atoms with E-state index >= 15 is 0 Å². The van der Waals surface area contributed by atoms with Gasteiger partial charge in [-0.3, -0.25) is 9.59 Å². The molecule has 0 aliphatic carbocycles. The molecule has 0 spiro atoms. The van der Waals surface area contributed by atoms with E-state index in [9.17, 15) is 9.59 Å². The minimum absolute atomic E-state index is 0.308. The van der Waals surface area contributed by atoms with Crippen molar-refractivity contribution in [1.82, 2.24) is 10.3 Å². The first-order valence-electron chi connectivity index (χ1n) is 9.68. The Kier molecular flexibility index (Phi) is 5.48. The number of H-pyrrole nitrogens is 1. The van der Waals surface area contributed by atoms with E-state index in [1.54, 1.807) is 36.5 Å². The third-order valence-corrected chi connectivity index (χ3v) is 4.96. The summed E-state index contributed by atoms with van der Waals surface area (Å²) in [5, 5.41) is 6.54. The third-order valence-electron chi connectivity index (χ3n) is 4.96. The van der Waals surface area contributed by atoms with Crippen molar-refractivity contribution in [3.8, 4) is 0 Å². The molecule has 0 bridgehead atoms. The van der Waals surface area contributed by atoms with E-state index in [0.29, 0.717) is 23.4 Å². The fourth-order valence-corrected chi connectivity index (χ4v) is 3.41. The molecule has 2 amide bonds. The largest absolute Gasteiger partial charge is 0.397 e. The first-order valence-corrected chi connectivity index (χ1v) is 9.68. The Morgan fingerprint density at radius 3 is 2.47 bits per heavy atom. The van der Waals surface area contributed by atoms with E-state index in [-0.39, 0.29) is 11.8 Å². The van der Waals surface area contributed by atoms with Gasteiger partial charge in [0.1, 0.15) is 6.04 Å². The van der Waals surface area contributed by atoms with Crippen LogP contribution in [0.4, 0.5) is 11.4 Å². The van der Waals surface area contributed by atoms with E-state index in [0.717, 1.165) is 16.5 Å². The summed E-state index contributed by atoms with van der Waals surface area (Å²) in [5.74, 6) is -0.635. The van der Waals surface area contributed by atoms with Gasteiger partial charge in [-0.2, -0.15) is 0 Å². The number of amides is 2. The zero-order valence-electron chi connectivity index (χ0n) is 16.3. The highest BCUT2D eigenvalue weighted by Crippen LogP contribution is 2.19. The molecule has 5 N–H and O–H groups in total. The number of para-hydroxylation sites is 2. The second-order valence-electron chi connectivity index (χ2n) is 7.04. The number of anilines is 2. The molecule has 0 saturated carbocycles. The van der Waals surface area contributed by atoms with Crippen LogP contribution in [0.2, 0.25) is 0 Å². The topological polar surface area (TPSA) is 100 Å². The molecule has 6 heteroatoms. The summed E-state index contributed by atoms with van der Waals surface area (Å²) in [6.07, 6.45) is 2.14. The molecule has 4 aromatic rings. The van der Waals surface area contributed by atoms with Gasteiger partial charge in [0.2, 0.25) is 5.91 Å². The van der Waals surface area contributed by atoms with Crippen LogP contribution in [0, 0.1) is 0 Å². The smallest absolute Gasteiger partial charge is 0.252 e. The lowest BCUT2D eigenvalue weighted by Gasteiger charge is -2.19. The number of carbonyl (C=O) groups excluding carboxylic acids is 2. The Morgan fingerprint density at radius 1 is 0.900 bits per heavy atom. The van der Waals surface area contributed by atoms with Crippen LogP contribution in [0.25, 0.3) is 10.9 Å². The lowest BCUT2D eigenvalue weighted by Crippen LogP contribution is -2.45. The van der Waals surface area contributed by atoms with Crippen molar-refractivity contribution >= 4 is 34.1 Å². The maximum atomic E-state index is 13.1. The molecule has 4 rings (SSSR count). The summed E-state index contributed by atoms with van der Waals surface area (Å²) < 4.78 is 0. The average Bonchev–Trinajstić information content (AvgIpc) is 3.24. The third kappa shape index (κ3) is 4.17. The fourth-order valence-electron chi connectivity index (χ4n) is 3.41. The van der Waals surface area contributed by atoms with Gasteiger partial charge in [-0.1, -0.05) is 48.5 Å². The highest BCUT2D eigenvalue weighted by molar-refractivity contribution is 6.08. The van der Waals surface area contributed by atoms with Crippen LogP contribution in [0.1, 0.15) is 15.9 Å². The van der Waals surface area contributed by atoms with Crippen molar-refractivity contribution in [2.24, 2.45) is 0 Å². The number of nitrogens with two attached hydrogens (primary N) is 1. The van der Waals surface area contributed by atoms with Crippen molar-refractivity contribution in [2.75, 3.05) is 11.1 Å². The molecule has 0 aliphatic rings. The molecule has 1 atom stereocenters. The van der Waals surface area contributed by atoms with E-state index in [1.165, 1.54) is 0 Å². The lowest BCUT2D eigenvalue weighted by molar-refractivity contribution is -0.118. The van der Waals surface area contributed by atoms with E-state index in [1.807, 2.05) is 48.5 Å². The van der Waals surface area contributed by atoms with Crippen molar-refractivity contribution in [3.05, 3.63) is 96.2 Å². The highest BCUT2D eigenvalue weighted by Gasteiger charge is 2.23. The molecular formula is C24H22N4O2. The van der Waals surface area contributed by atoms with Crippen LogP contribution >= 0.6 is 0 Å².